The van der Waals surface area contributed by atoms with Gasteiger partial charge in [-0.1, -0.05) is 0 Å². The highest BCUT2D eigenvalue weighted by molar-refractivity contribution is 5.89. The summed E-state index contributed by atoms with van der Waals surface area (Å²) in [5.41, 5.74) is -0.372. The van der Waals surface area contributed by atoms with E-state index in [4.69, 9.17) is 5.11 Å². The minimum Gasteiger partial charge on any atom is -0.478 e. The Hall–Kier alpha value is -2.05. The van der Waals surface area contributed by atoms with E-state index in [9.17, 15) is 18.0 Å². The Bertz CT molecular complexity index is 428. The highest BCUT2D eigenvalue weighted by Gasteiger charge is 2.31. The molecule has 1 aromatic rings. The van der Waals surface area contributed by atoms with Gasteiger partial charge in [-0.15, -0.1) is 13.2 Å². The molecule has 1 rings (SSSR count). The molecule has 0 bridgehead atoms. The van der Waals surface area contributed by atoms with Crippen molar-refractivity contribution in [3.63, 3.8) is 0 Å². The number of hydrogen-bond donors (Lipinski definition) is 1. The van der Waals surface area contributed by atoms with Crippen LogP contribution in [0.25, 0.3) is 0 Å². The molecule has 0 aromatic heterocycles. The molecule has 0 heterocycles. The predicted molar refractivity (Wildman–Crippen MR) is 49.3 cm³/mol. The lowest BCUT2D eigenvalue weighted by molar-refractivity contribution is -0.274. The van der Waals surface area contributed by atoms with Crippen molar-refractivity contribution in [2.75, 3.05) is 0 Å². The lowest BCUT2D eigenvalue weighted by atomic mass is 10.2. The number of rotatable bonds is 3. The number of aliphatic imine (C=N–C) groups is 1. The second-order valence-electron chi connectivity index (χ2n) is 2.73. The van der Waals surface area contributed by atoms with Gasteiger partial charge in [-0.05, 0) is 18.9 Å². The Morgan fingerprint density at radius 3 is 2.44 bits per heavy atom. The number of carboxylic acid groups (broad SMARTS) is 1. The van der Waals surface area contributed by atoms with Crippen LogP contribution >= 0.6 is 0 Å². The normalized spacial score (nSPS) is 10.9. The van der Waals surface area contributed by atoms with Gasteiger partial charge in [-0.2, -0.15) is 0 Å². The molecule has 0 saturated carbocycles. The van der Waals surface area contributed by atoms with Crippen molar-refractivity contribution in [3.8, 4) is 5.75 Å². The summed E-state index contributed by atoms with van der Waals surface area (Å²) in [6, 6.07) is 2.77. The second-order valence-corrected chi connectivity index (χ2v) is 2.73. The van der Waals surface area contributed by atoms with Crippen LogP contribution in [-0.2, 0) is 0 Å². The molecule has 0 spiro atoms. The van der Waals surface area contributed by atoms with E-state index in [1.807, 2.05) is 0 Å². The predicted octanol–water partition coefficient (Wildman–Crippen LogP) is 2.62. The summed E-state index contributed by atoms with van der Waals surface area (Å²) >= 11 is 0. The Balaban J connectivity index is 3.14. The fraction of sp³-hybridized carbons (Fsp3) is 0.111. The molecule has 0 unspecified atom stereocenters. The first-order chi connectivity index (χ1) is 7.31. The van der Waals surface area contributed by atoms with Crippen LogP contribution in [0.5, 0.6) is 5.75 Å². The molecular formula is C9H6F3NO3. The molecule has 1 aromatic carbocycles. The molecule has 1 N–H and O–H groups in total. The number of nitrogens with zero attached hydrogens (tertiary/aromatic N) is 1. The maximum absolute atomic E-state index is 11.9. The molecule has 0 amide bonds. The average molecular weight is 233 g/mol. The molecule has 16 heavy (non-hydrogen) atoms. The van der Waals surface area contributed by atoms with Crippen LogP contribution in [0.1, 0.15) is 10.4 Å². The van der Waals surface area contributed by atoms with Crippen molar-refractivity contribution >= 4 is 18.4 Å². The van der Waals surface area contributed by atoms with E-state index in [1.165, 1.54) is 0 Å². The summed E-state index contributed by atoms with van der Waals surface area (Å²) in [5, 5.41) is 8.63. The van der Waals surface area contributed by atoms with Gasteiger partial charge in [-0.25, -0.2) is 4.79 Å². The number of benzene rings is 1. The molecule has 0 fully saturated rings. The number of ether oxygens (including phenoxy) is 1. The zero-order chi connectivity index (χ0) is 12.3. The number of alkyl halides is 3. The van der Waals surface area contributed by atoms with Gasteiger partial charge < -0.3 is 9.84 Å². The third kappa shape index (κ3) is 3.26. The van der Waals surface area contributed by atoms with E-state index in [0.717, 1.165) is 18.2 Å². The SMILES string of the molecule is C=Nc1cc(OC(F)(F)F)cc(C(=O)O)c1. The van der Waals surface area contributed by atoms with Crippen molar-refractivity contribution in [3.05, 3.63) is 23.8 Å². The molecule has 0 atom stereocenters. The first-order valence-corrected chi connectivity index (χ1v) is 3.92. The summed E-state index contributed by atoms with van der Waals surface area (Å²) in [4.78, 5) is 13.9. The number of aromatic carboxylic acids is 1. The maximum Gasteiger partial charge on any atom is 0.573 e. The first-order valence-electron chi connectivity index (χ1n) is 3.92. The van der Waals surface area contributed by atoms with Crippen LogP contribution in [0.2, 0.25) is 0 Å². The molecule has 0 aliphatic carbocycles. The van der Waals surface area contributed by atoms with Crippen molar-refractivity contribution in [1.82, 2.24) is 0 Å². The van der Waals surface area contributed by atoms with Crippen molar-refractivity contribution in [2.45, 2.75) is 6.36 Å². The topological polar surface area (TPSA) is 58.9 Å². The van der Waals surface area contributed by atoms with Crippen LogP contribution in [0.3, 0.4) is 0 Å². The fourth-order valence-corrected chi connectivity index (χ4v) is 0.991. The van der Waals surface area contributed by atoms with Crippen molar-refractivity contribution < 1.29 is 27.8 Å². The third-order valence-electron chi connectivity index (χ3n) is 1.55. The molecular weight excluding hydrogens is 227 g/mol. The Morgan fingerprint density at radius 2 is 2.00 bits per heavy atom. The molecule has 0 aliphatic rings. The number of carboxylic acids is 1. The Morgan fingerprint density at radius 1 is 1.38 bits per heavy atom. The molecule has 0 aliphatic heterocycles. The molecule has 0 radical (unpaired) electrons. The fourth-order valence-electron chi connectivity index (χ4n) is 0.991. The zero-order valence-electron chi connectivity index (χ0n) is 7.78. The van der Waals surface area contributed by atoms with Crippen molar-refractivity contribution in [1.29, 1.82) is 0 Å². The highest BCUT2D eigenvalue weighted by atomic mass is 19.4. The van der Waals surface area contributed by atoms with Crippen molar-refractivity contribution in [2.24, 2.45) is 4.99 Å². The minimum atomic E-state index is -4.88. The summed E-state index contributed by atoms with van der Waals surface area (Å²) in [5.74, 6) is -2.02. The van der Waals surface area contributed by atoms with Crippen LogP contribution in [0, 0.1) is 0 Å². The summed E-state index contributed by atoms with van der Waals surface area (Å²) in [7, 11) is 0. The number of halogens is 3. The standard InChI is InChI=1S/C9H6F3NO3/c1-13-6-2-5(8(14)15)3-7(4-6)16-9(10,11)12/h2-4H,1H2,(H,14,15). The molecule has 7 heteroatoms. The van der Waals surface area contributed by atoms with Gasteiger partial charge in [0.2, 0.25) is 0 Å². The van der Waals surface area contributed by atoms with Crippen LogP contribution in [0.15, 0.2) is 23.2 Å². The molecule has 86 valence electrons. The van der Waals surface area contributed by atoms with E-state index in [1.54, 1.807) is 0 Å². The monoisotopic (exact) mass is 233 g/mol. The summed E-state index contributed by atoms with van der Waals surface area (Å²) in [6.07, 6.45) is -4.88. The molecule has 4 nitrogen and oxygen atoms in total. The van der Waals surface area contributed by atoms with E-state index in [2.05, 4.69) is 16.4 Å². The van der Waals surface area contributed by atoms with Gasteiger partial charge in [0.05, 0.1) is 11.3 Å². The Kier molecular flexibility index (Phi) is 3.17. The smallest absolute Gasteiger partial charge is 0.478 e. The molecule has 0 saturated heterocycles. The lowest BCUT2D eigenvalue weighted by Gasteiger charge is -2.09. The zero-order valence-corrected chi connectivity index (χ0v) is 7.78. The maximum atomic E-state index is 11.9. The minimum absolute atomic E-state index is 0.0147. The average Bonchev–Trinajstić information content (AvgIpc) is 2.14. The summed E-state index contributed by atoms with van der Waals surface area (Å²) in [6.45, 7) is 3.09. The van der Waals surface area contributed by atoms with E-state index >= 15 is 0 Å². The van der Waals surface area contributed by atoms with Gasteiger partial charge in [0.25, 0.3) is 0 Å². The second kappa shape index (κ2) is 4.21. The van der Waals surface area contributed by atoms with Crippen LogP contribution < -0.4 is 4.74 Å². The van der Waals surface area contributed by atoms with Gasteiger partial charge in [0.1, 0.15) is 5.75 Å². The lowest BCUT2D eigenvalue weighted by Crippen LogP contribution is -2.17. The van der Waals surface area contributed by atoms with E-state index in [0.29, 0.717) is 0 Å². The van der Waals surface area contributed by atoms with E-state index < -0.39 is 18.1 Å². The first kappa shape index (κ1) is 12.0. The van der Waals surface area contributed by atoms with Crippen LogP contribution in [0.4, 0.5) is 18.9 Å². The van der Waals surface area contributed by atoms with Gasteiger partial charge in [0, 0.05) is 6.07 Å². The Labute approximate surface area is 88.0 Å². The van der Waals surface area contributed by atoms with Gasteiger partial charge >= 0.3 is 12.3 Å². The van der Waals surface area contributed by atoms with Crippen LogP contribution in [-0.4, -0.2) is 24.2 Å². The quantitative estimate of drug-likeness (QED) is 0.816. The van der Waals surface area contributed by atoms with Gasteiger partial charge in [-0.3, -0.25) is 4.99 Å². The van der Waals surface area contributed by atoms with E-state index in [-0.39, 0.29) is 11.3 Å². The van der Waals surface area contributed by atoms with Gasteiger partial charge in [0.15, 0.2) is 0 Å². The number of carbonyl (C=O) groups is 1. The largest absolute Gasteiger partial charge is 0.573 e. The summed E-state index contributed by atoms with van der Waals surface area (Å²) < 4.78 is 39.3. The number of hydrogen-bond acceptors (Lipinski definition) is 3. The highest BCUT2D eigenvalue weighted by Crippen LogP contribution is 2.28. The third-order valence-corrected chi connectivity index (χ3v) is 1.55.